The lowest BCUT2D eigenvalue weighted by atomic mass is 9.97. The zero-order valence-corrected chi connectivity index (χ0v) is 18.0. The molecule has 0 radical (unpaired) electrons. The van der Waals surface area contributed by atoms with Crippen molar-refractivity contribution in [3.8, 4) is 16.9 Å². The van der Waals surface area contributed by atoms with Crippen molar-refractivity contribution >= 4 is 22.7 Å². The Kier molecular flexibility index (Phi) is 6.37. The summed E-state index contributed by atoms with van der Waals surface area (Å²) in [7, 11) is 1.63. The van der Waals surface area contributed by atoms with Crippen LogP contribution in [0.4, 0.5) is 5.82 Å². The van der Waals surface area contributed by atoms with Crippen LogP contribution in [-0.4, -0.2) is 42.9 Å². The zero-order chi connectivity index (χ0) is 21.8. The summed E-state index contributed by atoms with van der Waals surface area (Å²) in [6.45, 7) is 3.85. The van der Waals surface area contributed by atoms with Crippen LogP contribution >= 0.6 is 0 Å². The van der Waals surface area contributed by atoms with Crippen LogP contribution in [-0.2, 0) is 16.1 Å². The molecule has 1 saturated heterocycles. The van der Waals surface area contributed by atoms with E-state index in [1.165, 1.54) is 0 Å². The van der Waals surface area contributed by atoms with E-state index in [1.807, 2.05) is 43.3 Å². The molecule has 1 aliphatic rings. The second kappa shape index (κ2) is 9.35. The number of carbonyl (C=O) groups is 1. The zero-order valence-electron chi connectivity index (χ0n) is 18.0. The first-order valence-electron chi connectivity index (χ1n) is 10.7. The second-order valence-electron chi connectivity index (χ2n) is 7.82. The topological polar surface area (TPSA) is 71.9 Å². The third-order valence-corrected chi connectivity index (χ3v) is 5.83. The van der Waals surface area contributed by atoms with Crippen molar-refractivity contribution in [1.82, 2.24) is 4.98 Å². The Morgan fingerprint density at radius 1 is 1.10 bits per heavy atom. The molecule has 6 heteroatoms. The van der Waals surface area contributed by atoms with Crippen LogP contribution in [0, 0.1) is 5.92 Å². The lowest BCUT2D eigenvalue weighted by Crippen LogP contribution is -2.37. The van der Waals surface area contributed by atoms with Crippen molar-refractivity contribution in [3.63, 3.8) is 0 Å². The van der Waals surface area contributed by atoms with Gasteiger partial charge in [-0.05, 0) is 78.9 Å². The molecule has 1 N–H and O–H groups in total. The first-order valence-corrected chi connectivity index (χ1v) is 10.7. The van der Waals surface area contributed by atoms with Gasteiger partial charge in [0.25, 0.3) is 0 Å². The van der Waals surface area contributed by atoms with Crippen LogP contribution < -0.4 is 9.64 Å². The van der Waals surface area contributed by atoms with E-state index in [0.717, 1.165) is 65.1 Å². The smallest absolute Gasteiger partial charge is 0.309 e. The fourth-order valence-electron chi connectivity index (χ4n) is 4.11. The Hall–Kier alpha value is -3.12. The van der Waals surface area contributed by atoms with Gasteiger partial charge in [0, 0.05) is 18.5 Å². The summed E-state index contributed by atoms with van der Waals surface area (Å²) in [6.07, 6.45) is 1.58. The van der Waals surface area contributed by atoms with E-state index >= 15 is 0 Å². The Balaban J connectivity index is 1.54. The molecule has 31 heavy (non-hydrogen) atoms. The van der Waals surface area contributed by atoms with Gasteiger partial charge in [0.15, 0.2) is 0 Å². The molecule has 0 bridgehead atoms. The molecule has 0 aliphatic carbocycles. The Bertz CT molecular complexity index is 1050. The maximum Gasteiger partial charge on any atom is 0.309 e. The summed E-state index contributed by atoms with van der Waals surface area (Å²) in [6, 6.07) is 16.1. The van der Waals surface area contributed by atoms with E-state index < -0.39 is 0 Å². The number of methoxy groups -OCH3 is 1. The van der Waals surface area contributed by atoms with Gasteiger partial charge < -0.3 is 19.5 Å². The van der Waals surface area contributed by atoms with E-state index in [4.69, 9.17) is 14.5 Å². The highest BCUT2D eigenvalue weighted by Gasteiger charge is 2.26. The molecule has 6 nitrogen and oxygen atoms in total. The minimum atomic E-state index is -0.0805. The number of anilines is 1. The largest absolute Gasteiger partial charge is 0.497 e. The van der Waals surface area contributed by atoms with Crippen LogP contribution in [0.25, 0.3) is 22.0 Å². The minimum absolute atomic E-state index is 0.00843. The number of rotatable bonds is 6. The van der Waals surface area contributed by atoms with Gasteiger partial charge in [0.2, 0.25) is 0 Å². The van der Waals surface area contributed by atoms with Crippen LogP contribution in [0.15, 0.2) is 48.5 Å². The summed E-state index contributed by atoms with van der Waals surface area (Å²) < 4.78 is 10.5. The van der Waals surface area contributed by atoms with Crippen molar-refractivity contribution in [2.45, 2.75) is 26.4 Å². The van der Waals surface area contributed by atoms with E-state index in [0.29, 0.717) is 6.61 Å². The van der Waals surface area contributed by atoms with Crippen LogP contribution in [0.5, 0.6) is 5.75 Å². The average molecular weight is 421 g/mol. The summed E-state index contributed by atoms with van der Waals surface area (Å²) in [5, 5.41) is 10.6. The van der Waals surface area contributed by atoms with Gasteiger partial charge in [-0.1, -0.05) is 6.07 Å². The van der Waals surface area contributed by atoms with Crippen molar-refractivity contribution in [1.29, 1.82) is 0 Å². The van der Waals surface area contributed by atoms with Crippen LogP contribution in [0.2, 0.25) is 0 Å². The van der Waals surface area contributed by atoms with Crippen LogP contribution in [0.3, 0.4) is 0 Å². The summed E-state index contributed by atoms with van der Waals surface area (Å²) in [4.78, 5) is 19.1. The molecule has 0 amide bonds. The highest BCUT2D eigenvalue weighted by atomic mass is 16.5. The molecule has 1 fully saturated rings. The predicted octanol–water partition coefficient (Wildman–Crippen LogP) is 4.18. The second-order valence-corrected chi connectivity index (χ2v) is 7.82. The number of carbonyl (C=O) groups excluding carboxylic acids is 1. The lowest BCUT2D eigenvalue weighted by molar-refractivity contribution is -0.148. The third-order valence-electron chi connectivity index (χ3n) is 5.83. The van der Waals surface area contributed by atoms with E-state index in [9.17, 15) is 9.90 Å². The highest BCUT2D eigenvalue weighted by Crippen LogP contribution is 2.30. The summed E-state index contributed by atoms with van der Waals surface area (Å²) in [5.74, 6) is 1.57. The van der Waals surface area contributed by atoms with Gasteiger partial charge in [0.1, 0.15) is 11.6 Å². The van der Waals surface area contributed by atoms with E-state index in [1.54, 1.807) is 7.11 Å². The van der Waals surface area contributed by atoms with E-state index in [2.05, 4.69) is 17.0 Å². The molecule has 1 aromatic heterocycles. The highest BCUT2D eigenvalue weighted by molar-refractivity contribution is 5.86. The van der Waals surface area contributed by atoms with Crippen molar-refractivity contribution < 1.29 is 19.4 Å². The SMILES string of the molecule is CCOC(=O)C1CCN(c2ccc3cc(-c4cc(CO)cc(OC)c4)ccc3n2)CC1. The van der Waals surface area contributed by atoms with Gasteiger partial charge in [-0.2, -0.15) is 0 Å². The van der Waals surface area contributed by atoms with Gasteiger partial charge in [0.05, 0.1) is 31.8 Å². The number of ether oxygens (including phenoxy) is 2. The maximum absolute atomic E-state index is 12.0. The number of aromatic nitrogens is 1. The van der Waals surface area contributed by atoms with Gasteiger partial charge in [-0.3, -0.25) is 4.79 Å². The molecule has 2 aromatic carbocycles. The number of hydrogen-bond acceptors (Lipinski definition) is 6. The average Bonchev–Trinajstić information content (AvgIpc) is 2.83. The molecule has 0 spiro atoms. The molecule has 1 aliphatic heterocycles. The molecule has 2 heterocycles. The van der Waals surface area contributed by atoms with Gasteiger partial charge >= 0.3 is 5.97 Å². The van der Waals surface area contributed by atoms with Gasteiger partial charge in [-0.15, -0.1) is 0 Å². The quantitative estimate of drug-likeness (QED) is 0.603. The molecular formula is C25H28N2O4. The molecule has 0 atom stereocenters. The first kappa shape index (κ1) is 21.1. The summed E-state index contributed by atoms with van der Waals surface area (Å²) in [5.41, 5.74) is 3.79. The monoisotopic (exact) mass is 420 g/mol. The number of nitrogens with zero attached hydrogens (tertiary/aromatic N) is 2. The van der Waals surface area contributed by atoms with Gasteiger partial charge in [-0.25, -0.2) is 4.98 Å². The molecule has 0 saturated carbocycles. The Morgan fingerprint density at radius 3 is 2.61 bits per heavy atom. The fraction of sp³-hybridized carbons (Fsp3) is 0.360. The van der Waals surface area contributed by atoms with Crippen molar-refractivity contribution in [2.24, 2.45) is 5.92 Å². The Labute approximate surface area is 182 Å². The van der Waals surface area contributed by atoms with Crippen molar-refractivity contribution in [2.75, 3.05) is 31.7 Å². The van der Waals surface area contributed by atoms with E-state index in [-0.39, 0.29) is 18.5 Å². The number of hydrogen-bond donors (Lipinski definition) is 1. The third kappa shape index (κ3) is 4.64. The summed E-state index contributed by atoms with van der Waals surface area (Å²) >= 11 is 0. The number of aliphatic hydroxyl groups is 1. The maximum atomic E-state index is 12.0. The van der Waals surface area contributed by atoms with Crippen molar-refractivity contribution in [3.05, 3.63) is 54.1 Å². The number of esters is 1. The minimum Gasteiger partial charge on any atom is -0.497 e. The predicted molar refractivity (Wildman–Crippen MR) is 121 cm³/mol. The first-order chi connectivity index (χ1) is 15.1. The standard InChI is InChI=1S/C25H28N2O4/c1-3-31-25(29)18-8-10-27(11-9-18)24-7-5-20-14-19(4-6-23(20)26-24)21-12-17(16-28)13-22(15-21)30-2/h4-7,12-15,18,28H,3,8-11,16H2,1-2H3. The number of aliphatic hydroxyl groups excluding tert-OH is 1. The van der Waals surface area contributed by atoms with Crippen LogP contribution in [0.1, 0.15) is 25.3 Å². The molecule has 4 rings (SSSR count). The molecule has 3 aromatic rings. The number of benzene rings is 2. The Morgan fingerprint density at radius 2 is 1.90 bits per heavy atom. The lowest BCUT2D eigenvalue weighted by Gasteiger charge is -2.31. The molecular weight excluding hydrogens is 392 g/mol. The fourth-order valence-corrected chi connectivity index (χ4v) is 4.11. The number of fused-ring (bicyclic) bond motifs is 1. The number of pyridine rings is 1. The molecule has 162 valence electrons. The normalized spacial score (nSPS) is 14.6. The number of piperidine rings is 1. The molecule has 0 unspecified atom stereocenters.